The fraction of sp³-hybridized carbons (Fsp3) is 0.500. The summed E-state index contributed by atoms with van der Waals surface area (Å²) in [6.45, 7) is 2.48. The summed E-state index contributed by atoms with van der Waals surface area (Å²) in [4.78, 5) is 11.5. The third-order valence-electron chi connectivity index (χ3n) is 2.85. The minimum absolute atomic E-state index is 0.000387. The van der Waals surface area contributed by atoms with Crippen LogP contribution in [0.25, 0.3) is 0 Å². The highest BCUT2D eigenvalue weighted by molar-refractivity contribution is 7.87. The summed E-state index contributed by atoms with van der Waals surface area (Å²) in [5, 5.41) is 0. The van der Waals surface area contributed by atoms with Crippen molar-refractivity contribution in [1.29, 1.82) is 0 Å². The molecule has 0 aliphatic heterocycles. The summed E-state index contributed by atoms with van der Waals surface area (Å²) >= 11 is 0. The Morgan fingerprint density at radius 1 is 1.10 bits per heavy atom. The molecule has 0 bridgehead atoms. The van der Waals surface area contributed by atoms with Gasteiger partial charge in [-0.15, -0.1) is 0 Å². The topological polar surface area (TPSA) is 86.5 Å². The number of aryl methyl sites for hydroxylation is 1. The van der Waals surface area contributed by atoms with Crippen molar-refractivity contribution in [3.8, 4) is 0 Å². The van der Waals surface area contributed by atoms with Gasteiger partial charge in [-0.25, -0.2) is 0 Å². The van der Waals surface area contributed by atoms with Crippen molar-refractivity contribution in [3.63, 3.8) is 0 Å². The van der Waals surface area contributed by atoms with Crippen molar-refractivity contribution in [2.75, 3.05) is 6.54 Å². The van der Waals surface area contributed by atoms with E-state index in [1.165, 1.54) is 12.1 Å². The second-order valence-corrected chi connectivity index (χ2v) is 6.22. The summed E-state index contributed by atoms with van der Waals surface area (Å²) in [6, 6.07) is 6.18. The Labute approximate surface area is 120 Å². The van der Waals surface area contributed by atoms with Crippen LogP contribution < -0.4 is 5.73 Å². The highest BCUT2D eigenvalue weighted by atomic mass is 32.2. The van der Waals surface area contributed by atoms with Crippen LogP contribution in [0.3, 0.4) is 0 Å². The van der Waals surface area contributed by atoms with Crippen molar-refractivity contribution >= 4 is 16.1 Å². The van der Waals surface area contributed by atoms with E-state index < -0.39 is 16.1 Å². The van der Waals surface area contributed by atoms with Gasteiger partial charge in [-0.3, -0.25) is 4.79 Å². The Morgan fingerprint density at radius 2 is 1.70 bits per heavy atom. The number of carbonyl (C=O) groups excluding carboxylic acids is 1. The van der Waals surface area contributed by atoms with E-state index in [1.807, 2.05) is 6.92 Å². The zero-order chi connectivity index (χ0) is 15.0. The van der Waals surface area contributed by atoms with Gasteiger partial charge in [-0.1, -0.05) is 30.5 Å². The SMILES string of the molecule is Cc1ccc(S(=O)(=O)OC(=O)CCCCCCN)cc1. The zero-order valence-electron chi connectivity index (χ0n) is 11.7. The maximum absolute atomic E-state index is 11.8. The Balaban J connectivity index is 2.46. The summed E-state index contributed by atoms with van der Waals surface area (Å²) in [6.07, 6.45) is 3.42. The van der Waals surface area contributed by atoms with Crippen molar-refractivity contribution in [3.05, 3.63) is 29.8 Å². The van der Waals surface area contributed by atoms with Gasteiger partial charge in [-0.2, -0.15) is 8.42 Å². The molecule has 0 unspecified atom stereocenters. The molecule has 0 fully saturated rings. The molecule has 0 aromatic heterocycles. The van der Waals surface area contributed by atoms with Crippen LogP contribution in [0.2, 0.25) is 0 Å². The van der Waals surface area contributed by atoms with Crippen LogP contribution in [0, 0.1) is 6.92 Å². The molecule has 2 N–H and O–H groups in total. The van der Waals surface area contributed by atoms with Crippen LogP contribution in [0.4, 0.5) is 0 Å². The highest BCUT2D eigenvalue weighted by Crippen LogP contribution is 2.14. The van der Waals surface area contributed by atoms with E-state index in [9.17, 15) is 13.2 Å². The molecule has 1 aromatic carbocycles. The minimum atomic E-state index is -3.99. The molecule has 1 rings (SSSR count). The second kappa shape index (κ2) is 8.01. The van der Waals surface area contributed by atoms with E-state index in [4.69, 9.17) is 5.73 Å². The molecule has 5 nitrogen and oxygen atoms in total. The highest BCUT2D eigenvalue weighted by Gasteiger charge is 2.19. The largest absolute Gasteiger partial charge is 0.342 e. The molecule has 1 aromatic rings. The number of carbonyl (C=O) groups is 1. The summed E-state index contributed by atoms with van der Waals surface area (Å²) in [5.41, 5.74) is 6.30. The Hall–Kier alpha value is -1.40. The maximum atomic E-state index is 11.8. The molecule has 20 heavy (non-hydrogen) atoms. The van der Waals surface area contributed by atoms with Crippen molar-refractivity contribution < 1.29 is 17.4 Å². The van der Waals surface area contributed by atoms with Gasteiger partial charge >= 0.3 is 16.1 Å². The first kappa shape index (κ1) is 16.7. The van der Waals surface area contributed by atoms with Gasteiger partial charge in [0.05, 0.1) is 0 Å². The van der Waals surface area contributed by atoms with Gasteiger partial charge in [0.15, 0.2) is 0 Å². The molecular formula is C14H21NO4S. The van der Waals surface area contributed by atoms with Gasteiger partial charge in [0.2, 0.25) is 0 Å². The Bertz CT molecular complexity index is 523. The predicted molar refractivity (Wildman–Crippen MR) is 76.6 cm³/mol. The molecule has 0 aliphatic rings. The van der Waals surface area contributed by atoms with Crippen LogP contribution >= 0.6 is 0 Å². The third kappa shape index (κ3) is 5.71. The second-order valence-electron chi connectivity index (χ2n) is 4.68. The summed E-state index contributed by atoms with van der Waals surface area (Å²) < 4.78 is 28.2. The normalized spacial score (nSPS) is 11.3. The molecule has 0 aliphatic carbocycles. The first-order valence-corrected chi connectivity index (χ1v) is 8.10. The number of hydrogen-bond acceptors (Lipinski definition) is 5. The number of unbranched alkanes of at least 4 members (excludes halogenated alkanes) is 3. The third-order valence-corrected chi connectivity index (χ3v) is 4.10. The van der Waals surface area contributed by atoms with Crippen molar-refractivity contribution in [2.24, 2.45) is 5.73 Å². The molecule has 0 heterocycles. The van der Waals surface area contributed by atoms with E-state index >= 15 is 0 Å². The van der Waals surface area contributed by atoms with E-state index in [-0.39, 0.29) is 11.3 Å². The van der Waals surface area contributed by atoms with Gasteiger partial charge < -0.3 is 9.92 Å². The van der Waals surface area contributed by atoms with Crippen LogP contribution in [0.1, 0.15) is 37.7 Å². The fourth-order valence-corrected chi connectivity index (χ4v) is 2.58. The van der Waals surface area contributed by atoms with Gasteiger partial charge in [0.1, 0.15) is 4.90 Å². The van der Waals surface area contributed by atoms with Gasteiger partial charge in [-0.05, 0) is 38.4 Å². The van der Waals surface area contributed by atoms with Crippen molar-refractivity contribution in [1.82, 2.24) is 0 Å². The summed E-state index contributed by atoms with van der Waals surface area (Å²) in [7, 11) is -3.99. The monoisotopic (exact) mass is 299 g/mol. The van der Waals surface area contributed by atoms with Crippen LogP contribution in [0.15, 0.2) is 29.2 Å². The minimum Gasteiger partial charge on any atom is -0.342 e. The average Bonchev–Trinajstić information content (AvgIpc) is 2.38. The number of nitrogens with two attached hydrogens (primary N) is 1. The van der Waals surface area contributed by atoms with E-state index in [0.717, 1.165) is 24.8 Å². The molecule has 0 saturated heterocycles. The van der Waals surface area contributed by atoms with Gasteiger partial charge in [0, 0.05) is 6.42 Å². The first-order chi connectivity index (χ1) is 9.45. The predicted octanol–water partition coefficient (Wildman–Crippen LogP) is 2.14. The number of hydrogen-bond donors (Lipinski definition) is 1. The Kier molecular flexibility index (Phi) is 6.67. The lowest BCUT2D eigenvalue weighted by molar-refractivity contribution is -0.133. The summed E-state index contributed by atoms with van der Waals surface area (Å²) in [5.74, 6) is -0.710. The van der Waals surface area contributed by atoms with Crippen molar-refractivity contribution in [2.45, 2.75) is 43.9 Å². The van der Waals surface area contributed by atoms with E-state index in [0.29, 0.717) is 13.0 Å². The smallest absolute Gasteiger partial charge is 0.341 e. The fourth-order valence-electron chi connectivity index (χ4n) is 1.68. The van der Waals surface area contributed by atoms with E-state index in [1.54, 1.807) is 12.1 Å². The number of benzene rings is 1. The van der Waals surface area contributed by atoms with Crippen LogP contribution in [-0.4, -0.2) is 20.9 Å². The molecule has 0 spiro atoms. The lowest BCUT2D eigenvalue weighted by Crippen LogP contribution is -2.13. The molecule has 0 radical (unpaired) electrons. The maximum Gasteiger partial charge on any atom is 0.341 e. The molecule has 0 atom stereocenters. The standard InChI is InChI=1S/C14H21NO4S/c1-12-7-9-13(10-8-12)20(17,18)19-14(16)6-4-2-3-5-11-15/h7-10H,2-6,11,15H2,1H3. The van der Waals surface area contributed by atoms with E-state index in [2.05, 4.69) is 4.18 Å². The van der Waals surface area contributed by atoms with Gasteiger partial charge in [0.25, 0.3) is 0 Å². The zero-order valence-corrected chi connectivity index (χ0v) is 12.5. The van der Waals surface area contributed by atoms with Crippen LogP contribution in [0.5, 0.6) is 0 Å². The molecule has 0 amide bonds. The first-order valence-electron chi connectivity index (χ1n) is 6.70. The molecule has 112 valence electrons. The number of rotatable bonds is 8. The Morgan fingerprint density at radius 3 is 2.30 bits per heavy atom. The molecule has 6 heteroatoms. The van der Waals surface area contributed by atoms with Crippen LogP contribution in [-0.2, 0) is 19.1 Å². The lowest BCUT2D eigenvalue weighted by atomic mass is 10.1. The quantitative estimate of drug-likeness (QED) is 0.587. The average molecular weight is 299 g/mol. The molecular weight excluding hydrogens is 278 g/mol. The molecule has 0 saturated carbocycles. The lowest BCUT2D eigenvalue weighted by Gasteiger charge is -2.06.